The lowest BCUT2D eigenvalue weighted by Crippen LogP contribution is -2.28. The van der Waals surface area contributed by atoms with E-state index in [4.69, 9.17) is 9.47 Å². The Kier molecular flexibility index (Phi) is 38.1. The molecule has 0 aliphatic rings. The molecular formula is C45H74O5. The summed E-state index contributed by atoms with van der Waals surface area (Å²) in [5.74, 6) is -0.696. The second kappa shape index (κ2) is 40.5. The lowest BCUT2D eigenvalue weighted by atomic mass is 10.1. The van der Waals surface area contributed by atoms with Gasteiger partial charge in [-0.15, -0.1) is 0 Å². The van der Waals surface area contributed by atoms with Crippen LogP contribution in [-0.4, -0.2) is 36.4 Å². The molecule has 0 saturated heterocycles. The lowest BCUT2D eigenvalue weighted by molar-refractivity contribution is -0.161. The van der Waals surface area contributed by atoms with Crippen molar-refractivity contribution < 1.29 is 24.2 Å². The van der Waals surface area contributed by atoms with Crippen LogP contribution in [0.2, 0.25) is 0 Å². The number of carbonyl (C=O) groups excluding carboxylic acids is 2. The van der Waals surface area contributed by atoms with Crippen molar-refractivity contribution in [2.45, 2.75) is 174 Å². The average Bonchev–Trinajstić information content (AvgIpc) is 3.12. The van der Waals surface area contributed by atoms with Gasteiger partial charge in [-0.1, -0.05) is 150 Å². The number of rotatable bonds is 35. The molecule has 0 rings (SSSR count). The number of aliphatic hydroxyl groups is 1. The van der Waals surface area contributed by atoms with Gasteiger partial charge in [0.05, 0.1) is 6.61 Å². The van der Waals surface area contributed by atoms with E-state index in [9.17, 15) is 14.7 Å². The van der Waals surface area contributed by atoms with Crippen molar-refractivity contribution in [2.75, 3.05) is 13.2 Å². The van der Waals surface area contributed by atoms with Gasteiger partial charge in [-0.3, -0.25) is 9.59 Å². The predicted octanol–water partition coefficient (Wildman–Crippen LogP) is 12.7. The Morgan fingerprint density at radius 2 is 0.820 bits per heavy atom. The summed E-state index contributed by atoms with van der Waals surface area (Å²) in [6.07, 6.45) is 55.0. The van der Waals surface area contributed by atoms with E-state index in [2.05, 4.69) is 98.9 Å². The minimum Gasteiger partial charge on any atom is -0.462 e. The minimum atomic E-state index is -0.813. The second-order valence-electron chi connectivity index (χ2n) is 13.0. The van der Waals surface area contributed by atoms with Gasteiger partial charge in [-0.25, -0.2) is 0 Å². The van der Waals surface area contributed by atoms with E-state index in [1.54, 1.807) is 0 Å². The van der Waals surface area contributed by atoms with Crippen LogP contribution in [-0.2, 0) is 19.1 Å². The summed E-state index contributed by atoms with van der Waals surface area (Å²) in [5, 5.41) is 9.55. The summed E-state index contributed by atoms with van der Waals surface area (Å²) in [6, 6.07) is 0. The summed E-state index contributed by atoms with van der Waals surface area (Å²) >= 11 is 0. The standard InChI is InChI=1S/C45H74O5/c1-3-5-7-9-11-13-15-17-19-21-22-24-26-28-30-32-34-36-38-40-45(48)50-43(41-46)42-49-44(47)39-37-35-33-31-29-27-25-23-20-18-16-14-12-10-8-6-4-2/h11,13,17-20,22,24-25,27-28,30-31,33,43,46H,3-10,12,14-16,21,23,26,29,32,34-42H2,1-2H3/t43-/m0/s1. The monoisotopic (exact) mass is 695 g/mol. The van der Waals surface area contributed by atoms with Gasteiger partial charge in [-0.05, 0) is 89.9 Å². The molecule has 5 heteroatoms. The largest absolute Gasteiger partial charge is 0.462 e. The molecule has 0 bridgehead atoms. The molecule has 0 unspecified atom stereocenters. The van der Waals surface area contributed by atoms with Crippen LogP contribution in [0.15, 0.2) is 85.1 Å². The molecular weight excluding hydrogens is 620 g/mol. The molecule has 0 aromatic carbocycles. The van der Waals surface area contributed by atoms with Crippen molar-refractivity contribution in [3.63, 3.8) is 0 Å². The second-order valence-corrected chi connectivity index (χ2v) is 13.0. The van der Waals surface area contributed by atoms with Crippen LogP contribution in [0.5, 0.6) is 0 Å². The van der Waals surface area contributed by atoms with Gasteiger partial charge in [-0.2, -0.15) is 0 Å². The highest BCUT2D eigenvalue weighted by atomic mass is 16.6. The fourth-order valence-corrected chi connectivity index (χ4v) is 5.08. The van der Waals surface area contributed by atoms with Crippen molar-refractivity contribution in [3.05, 3.63) is 85.1 Å². The zero-order chi connectivity index (χ0) is 36.4. The zero-order valence-corrected chi connectivity index (χ0v) is 32.1. The van der Waals surface area contributed by atoms with Gasteiger partial charge in [0, 0.05) is 12.8 Å². The summed E-state index contributed by atoms with van der Waals surface area (Å²) < 4.78 is 10.5. The molecule has 0 spiro atoms. The Balaban J connectivity index is 3.74. The van der Waals surface area contributed by atoms with E-state index in [0.29, 0.717) is 19.3 Å². The first kappa shape index (κ1) is 47.1. The number of ether oxygens (including phenoxy) is 2. The molecule has 284 valence electrons. The van der Waals surface area contributed by atoms with Crippen LogP contribution in [0.1, 0.15) is 168 Å². The van der Waals surface area contributed by atoms with Crippen molar-refractivity contribution in [1.82, 2.24) is 0 Å². The number of allylic oxidation sites excluding steroid dienone is 14. The van der Waals surface area contributed by atoms with Gasteiger partial charge in [0.15, 0.2) is 6.10 Å². The quantitative estimate of drug-likeness (QED) is 0.0406. The first-order chi connectivity index (χ1) is 24.6. The molecule has 0 aromatic heterocycles. The first-order valence-corrected chi connectivity index (χ1v) is 20.1. The third-order valence-electron chi connectivity index (χ3n) is 8.16. The normalized spacial score (nSPS) is 13.1. The van der Waals surface area contributed by atoms with Gasteiger partial charge < -0.3 is 14.6 Å². The van der Waals surface area contributed by atoms with Crippen molar-refractivity contribution in [2.24, 2.45) is 0 Å². The Hall–Kier alpha value is -2.92. The predicted molar refractivity (Wildman–Crippen MR) is 214 cm³/mol. The van der Waals surface area contributed by atoms with Crippen LogP contribution < -0.4 is 0 Å². The van der Waals surface area contributed by atoms with Crippen LogP contribution in [0.25, 0.3) is 0 Å². The van der Waals surface area contributed by atoms with Crippen molar-refractivity contribution in [1.29, 1.82) is 0 Å². The number of hydrogen-bond donors (Lipinski definition) is 1. The van der Waals surface area contributed by atoms with Crippen molar-refractivity contribution >= 4 is 11.9 Å². The lowest BCUT2D eigenvalue weighted by Gasteiger charge is -2.15. The van der Waals surface area contributed by atoms with E-state index in [1.807, 2.05) is 0 Å². The maximum absolute atomic E-state index is 12.2. The summed E-state index contributed by atoms with van der Waals surface area (Å²) in [7, 11) is 0. The van der Waals surface area contributed by atoms with E-state index >= 15 is 0 Å². The molecule has 0 radical (unpaired) electrons. The van der Waals surface area contributed by atoms with Gasteiger partial charge >= 0.3 is 11.9 Å². The van der Waals surface area contributed by atoms with Crippen molar-refractivity contribution in [3.8, 4) is 0 Å². The molecule has 0 aliphatic carbocycles. The number of hydrogen-bond acceptors (Lipinski definition) is 5. The zero-order valence-electron chi connectivity index (χ0n) is 32.1. The number of esters is 2. The highest BCUT2D eigenvalue weighted by Crippen LogP contribution is 2.09. The van der Waals surface area contributed by atoms with E-state index in [-0.39, 0.29) is 25.2 Å². The molecule has 1 N–H and O–H groups in total. The highest BCUT2D eigenvalue weighted by molar-refractivity contribution is 5.70. The van der Waals surface area contributed by atoms with E-state index in [1.165, 1.54) is 70.6 Å². The maximum Gasteiger partial charge on any atom is 0.306 e. The van der Waals surface area contributed by atoms with Crippen LogP contribution in [0.3, 0.4) is 0 Å². The van der Waals surface area contributed by atoms with Gasteiger partial charge in [0.2, 0.25) is 0 Å². The third-order valence-corrected chi connectivity index (χ3v) is 8.16. The molecule has 0 aliphatic heterocycles. The maximum atomic E-state index is 12.2. The van der Waals surface area contributed by atoms with Crippen LogP contribution in [0.4, 0.5) is 0 Å². The molecule has 50 heavy (non-hydrogen) atoms. The number of unbranched alkanes of at least 4 members (excludes halogenated alkanes) is 13. The summed E-state index contributed by atoms with van der Waals surface area (Å²) in [6.45, 7) is 4.01. The van der Waals surface area contributed by atoms with Gasteiger partial charge in [0.25, 0.3) is 0 Å². The Morgan fingerprint density at radius 3 is 1.30 bits per heavy atom. The fraction of sp³-hybridized carbons (Fsp3) is 0.644. The van der Waals surface area contributed by atoms with Gasteiger partial charge in [0.1, 0.15) is 6.61 Å². The number of carbonyl (C=O) groups is 2. The summed E-state index contributed by atoms with van der Waals surface area (Å²) in [4.78, 5) is 24.2. The molecule has 0 fully saturated rings. The summed E-state index contributed by atoms with van der Waals surface area (Å²) in [5.41, 5.74) is 0. The average molecular weight is 695 g/mol. The Labute approximate surface area is 307 Å². The molecule has 0 heterocycles. The SMILES string of the molecule is CCCCCC=CCC=CCC=CCC=CCCCCCC(=O)O[C@@H](CO)COC(=O)CCCC=CCC=CCC=CCCCCCCCC. The minimum absolute atomic E-state index is 0.110. The fourth-order valence-electron chi connectivity index (χ4n) is 5.08. The number of aliphatic hydroxyl groups excluding tert-OH is 1. The smallest absolute Gasteiger partial charge is 0.306 e. The third kappa shape index (κ3) is 37.9. The molecule has 0 saturated carbocycles. The van der Waals surface area contributed by atoms with Crippen LogP contribution in [0, 0.1) is 0 Å². The molecule has 0 aromatic rings. The van der Waals surface area contributed by atoms with Crippen LogP contribution >= 0.6 is 0 Å². The molecule has 1 atom stereocenters. The Bertz CT molecular complexity index is 968. The van der Waals surface area contributed by atoms with E-state index < -0.39 is 6.10 Å². The Morgan fingerprint density at radius 1 is 0.460 bits per heavy atom. The molecule has 5 nitrogen and oxygen atoms in total. The van der Waals surface area contributed by atoms with E-state index in [0.717, 1.165) is 64.2 Å². The molecule has 0 amide bonds. The topological polar surface area (TPSA) is 72.8 Å². The highest BCUT2D eigenvalue weighted by Gasteiger charge is 2.15. The first-order valence-electron chi connectivity index (χ1n) is 20.1.